The lowest BCUT2D eigenvalue weighted by atomic mass is 10.0. The minimum Gasteiger partial charge on any atom is -0.339 e. The van der Waals surface area contributed by atoms with E-state index in [1.54, 1.807) is 12.4 Å². The van der Waals surface area contributed by atoms with Crippen LogP contribution in [0.25, 0.3) is 11.4 Å². The predicted molar refractivity (Wildman–Crippen MR) is 110 cm³/mol. The molecule has 0 fully saturated rings. The van der Waals surface area contributed by atoms with Crippen LogP contribution in [0, 0.1) is 0 Å². The largest absolute Gasteiger partial charge is 0.339 e. The van der Waals surface area contributed by atoms with Crippen molar-refractivity contribution in [3.8, 4) is 11.4 Å². The average molecular weight is 384 g/mol. The molecule has 6 nitrogen and oxygen atoms in total. The second-order valence-electron chi connectivity index (χ2n) is 6.62. The Hall–Kier alpha value is -3.80. The molecule has 0 unspecified atom stereocenters. The maximum atomic E-state index is 12.5. The summed E-state index contributed by atoms with van der Waals surface area (Å²) in [4.78, 5) is 20.8. The third-order valence-electron chi connectivity index (χ3n) is 4.50. The molecule has 2 aromatic carbocycles. The molecule has 0 radical (unpaired) electrons. The number of aryl methyl sites for hydroxylation is 1. The van der Waals surface area contributed by atoms with Gasteiger partial charge in [0.15, 0.2) is 0 Å². The Balaban J connectivity index is 1.36. The summed E-state index contributed by atoms with van der Waals surface area (Å²) in [5.74, 6) is 0.842. The fraction of sp³-hybridized carbons (Fsp3) is 0.130. The molecular weight excluding hydrogens is 364 g/mol. The van der Waals surface area contributed by atoms with Gasteiger partial charge < -0.3 is 9.84 Å². The number of carbonyl (C=O) groups excluding carboxylic acids is 1. The van der Waals surface area contributed by atoms with E-state index in [2.05, 4.69) is 32.6 Å². The minimum atomic E-state index is -0.0887. The second kappa shape index (κ2) is 8.93. The summed E-state index contributed by atoms with van der Waals surface area (Å²) in [5, 5.41) is 6.97. The van der Waals surface area contributed by atoms with Crippen molar-refractivity contribution in [3.63, 3.8) is 0 Å². The molecule has 0 spiro atoms. The molecule has 2 heterocycles. The maximum Gasteiger partial charge on any atom is 0.227 e. The van der Waals surface area contributed by atoms with Gasteiger partial charge in [-0.2, -0.15) is 4.98 Å². The van der Waals surface area contributed by atoms with Crippen molar-refractivity contribution >= 4 is 11.6 Å². The number of hydrogen-bond donors (Lipinski definition) is 1. The van der Waals surface area contributed by atoms with Crippen LogP contribution in [0.3, 0.4) is 0 Å². The number of para-hydroxylation sites is 1. The summed E-state index contributed by atoms with van der Waals surface area (Å²) >= 11 is 0. The number of nitrogens with zero attached hydrogens (tertiary/aromatic N) is 3. The molecule has 0 aliphatic rings. The summed E-state index contributed by atoms with van der Waals surface area (Å²) in [6, 6.07) is 21.7. The summed E-state index contributed by atoms with van der Waals surface area (Å²) < 4.78 is 5.26. The first kappa shape index (κ1) is 18.6. The van der Waals surface area contributed by atoms with Crippen LogP contribution in [0.1, 0.15) is 23.4 Å². The number of amides is 1. The van der Waals surface area contributed by atoms with Crippen LogP contribution in [0.15, 0.2) is 83.6 Å². The van der Waals surface area contributed by atoms with Crippen LogP contribution in [0.5, 0.6) is 0 Å². The number of anilines is 1. The molecule has 0 bridgehead atoms. The number of carbonyl (C=O) groups is 1. The smallest absolute Gasteiger partial charge is 0.227 e. The fourth-order valence-corrected chi connectivity index (χ4v) is 3.02. The highest BCUT2D eigenvalue weighted by Crippen LogP contribution is 2.20. The molecule has 4 rings (SSSR count). The summed E-state index contributed by atoms with van der Waals surface area (Å²) in [6.45, 7) is 0. The highest BCUT2D eigenvalue weighted by molar-refractivity contribution is 5.91. The third-order valence-corrected chi connectivity index (χ3v) is 4.50. The van der Waals surface area contributed by atoms with Crippen molar-refractivity contribution in [2.24, 2.45) is 0 Å². The Morgan fingerprint density at radius 3 is 2.52 bits per heavy atom. The third kappa shape index (κ3) is 4.93. The lowest BCUT2D eigenvalue weighted by Crippen LogP contribution is -2.14. The van der Waals surface area contributed by atoms with Crippen LogP contribution in [-0.4, -0.2) is 21.0 Å². The van der Waals surface area contributed by atoms with Crippen molar-refractivity contribution in [1.82, 2.24) is 15.1 Å². The van der Waals surface area contributed by atoms with Gasteiger partial charge in [-0.3, -0.25) is 9.78 Å². The van der Waals surface area contributed by atoms with E-state index in [-0.39, 0.29) is 12.3 Å². The predicted octanol–water partition coefficient (Wildman–Crippen LogP) is 4.29. The Morgan fingerprint density at radius 1 is 0.931 bits per heavy atom. The van der Waals surface area contributed by atoms with E-state index in [9.17, 15) is 4.79 Å². The zero-order valence-corrected chi connectivity index (χ0v) is 15.8. The Morgan fingerprint density at radius 2 is 1.69 bits per heavy atom. The van der Waals surface area contributed by atoms with Crippen LogP contribution in [-0.2, 0) is 17.6 Å². The molecule has 4 aromatic rings. The Bertz CT molecular complexity index is 1080. The van der Waals surface area contributed by atoms with E-state index in [0.717, 1.165) is 23.2 Å². The van der Waals surface area contributed by atoms with Gasteiger partial charge in [0, 0.05) is 36.5 Å². The van der Waals surface area contributed by atoms with E-state index < -0.39 is 0 Å². The van der Waals surface area contributed by atoms with E-state index in [4.69, 9.17) is 4.52 Å². The first-order valence-corrected chi connectivity index (χ1v) is 9.42. The first-order chi connectivity index (χ1) is 14.3. The minimum absolute atomic E-state index is 0.0887. The van der Waals surface area contributed by atoms with Crippen molar-refractivity contribution in [1.29, 1.82) is 0 Å². The van der Waals surface area contributed by atoms with Gasteiger partial charge in [0.2, 0.25) is 17.6 Å². The highest BCUT2D eigenvalue weighted by Gasteiger charge is 2.12. The SMILES string of the molecule is O=C(CCc1nc(-c2ccncc2)no1)Nc1ccccc1Cc1ccccc1. The Kier molecular flexibility index (Phi) is 5.71. The van der Waals surface area contributed by atoms with Crippen molar-refractivity contribution in [2.45, 2.75) is 19.3 Å². The highest BCUT2D eigenvalue weighted by atomic mass is 16.5. The monoisotopic (exact) mass is 384 g/mol. The van der Waals surface area contributed by atoms with Crippen molar-refractivity contribution < 1.29 is 9.32 Å². The van der Waals surface area contributed by atoms with Crippen LogP contribution in [0.2, 0.25) is 0 Å². The van der Waals surface area contributed by atoms with Gasteiger partial charge >= 0.3 is 0 Å². The van der Waals surface area contributed by atoms with Crippen molar-refractivity contribution in [2.75, 3.05) is 5.32 Å². The molecule has 0 atom stereocenters. The molecule has 0 aliphatic heterocycles. The van der Waals surface area contributed by atoms with Crippen molar-refractivity contribution in [3.05, 3.63) is 96.1 Å². The van der Waals surface area contributed by atoms with Crippen LogP contribution >= 0.6 is 0 Å². The molecule has 6 heteroatoms. The zero-order valence-electron chi connectivity index (χ0n) is 15.8. The lowest BCUT2D eigenvalue weighted by Gasteiger charge is -2.11. The Labute approximate surface area is 168 Å². The summed E-state index contributed by atoms with van der Waals surface area (Å²) in [6.07, 6.45) is 4.75. The van der Waals surface area contributed by atoms with E-state index >= 15 is 0 Å². The number of benzene rings is 2. The fourth-order valence-electron chi connectivity index (χ4n) is 3.02. The van der Waals surface area contributed by atoms with Crippen LogP contribution in [0.4, 0.5) is 5.69 Å². The lowest BCUT2D eigenvalue weighted by molar-refractivity contribution is -0.116. The normalized spacial score (nSPS) is 10.6. The van der Waals surface area contributed by atoms with Gasteiger partial charge in [0.25, 0.3) is 0 Å². The van der Waals surface area contributed by atoms with Gasteiger partial charge in [-0.25, -0.2) is 0 Å². The topological polar surface area (TPSA) is 80.9 Å². The molecule has 1 N–H and O–H groups in total. The molecule has 0 saturated heterocycles. The molecular formula is C23H20N4O2. The van der Waals surface area contributed by atoms with Gasteiger partial charge in [-0.05, 0) is 35.7 Å². The van der Waals surface area contributed by atoms with E-state index in [0.29, 0.717) is 18.1 Å². The number of aromatic nitrogens is 3. The quantitative estimate of drug-likeness (QED) is 0.514. The van der Waals surface area contributed by atoms with E-state index in [1.165, 1.54) is 5.56 Å². The van der Waals surface area contributed by atoms with Gasteiger partial charge in [-0.1, -0.05) is 53.7 Å². The van der Waals surface area contributed by atoms with Gasteiger partial charge in [0.05, 0.1) is 0 Å². The van der Waals surface area contributed by atoms with Gasteiger partial charge in [0.1, 0.15) is 0 Å². The molecule has 144 valence electrons. The molecule has 0 aliphatic carbocycles. The second-order valence-corrected chi connectivity index (χ2v) is 6.62. The molecule has 29 heavy (non-hydrogen) atoms. The standard InChI is InChI=1S/C23H20N4O2/c28-21(10-11-22-26-23(27-29-22)18-12-14-24-15-13-18)25-20-9-5-4-8-19(20)16-17-6-2-1-3-7-17/h1-9,12-15H,10-11,16H2,(H,25,28). The summed E-state index contributed by atoms with van der Waals surface area (Å²) in [5.41, 5.74) is 3.92. The first-order valence-electron chi connectivity index (χ1n) is 9.42. The average Bonchev–Trinajstić information content (AvgIpc) is 3.24. The van der Waals surface area contributed by atoms with Crippen LogP contribution < -0.4 is 5.32 Å². The van der Waals surface area contributed by atoms with E-state index in [1.807, 2.05) is 54.6 Å². The molecule has 2 aromatic heterocycles. The maximum absolute atomic E-state index is 12.5. The number of pyridine rings is 1. The van der Waals surface area contributed by atoms with Gasteiger partial charge in [-0.15, -0.1) is 0 Å². The number of nitrogens with one attached hydrogen (secondary N) is 1. The number of rotatable bonds is 7. The molecule has 0 saturated carbocycles. The summed E-state index contributed by atoms with van der Waals surface area (Å²) in [7, 11) is 0. The zero-order chi connectivity index (χ0) is 19.9. The number of hydrogen-bond acceptors (Lipinski definition) is 5. The molecule has 1 amide bonds.